The molecule has 2 N–H and O–H groups in total. The maximum atomic E-state index is 12.4. The highest BCUT2D eigenvalue weighted by molar-refractivity contribution is 7.89. The molecule has 1 unspecified atom stereocenters. The van der Waals surface area contributed by atoms with Gasteiger partial charge in [-0.15, -0.1) is 0 Å². The fourth-order valence-corrected chi connectivity index (χ4v) is 3.70. The predicted octanol–water partition coefficient (Wildman–Crippen LogP) is 2.22. The molecule has 114 valence electrons. The van der Waals surface area contributed by atoms with E-state index in [0.29, 0.717) is 5.56 Å². The van der Waals surface area contributed by atoms with E-state index in [1.54, 1.807) is 30.3 Å². The summed E-state index contributed by atoms with van der Waals surface area (Å²) < 4.78 is 27.2. The highest BCUT2D eigenvalue weighted by atomic mass is 35.5. The molecule has 0 fully saturated rings. The molecule has 0 spiro atoms. The second-order valence-corrected chi connectivity index (χ2v) is 6.61. The Hall–Kier alpha value is -1.91. The molecular formula is C15H13ClN2O3S. The SMILES string of the molecule is N#Cc1ccc(S(=O)(=O)NC(CO)c2ccccc2)c(Cl)c1. The van der Waals surface area contributed by atoms with Crippen molar-refractivity contribution in [3.63, 3.8) is 0 Å². The van der Waals surface area contributed by atoms with Crippen molar-refractivity contribution in [1.82, 2.24) is 4.72 Å². The maximum Gasteiger partial charge on any atom is 0.242 e. The Morgan fingerprint density at radius 1 is 1.23 bits per heavy atom. The summed E-state index contributed by atoms with van der Waals surface area (Å²) in [5, 5.41) is 18.2. The molecule has 7 heteroatoms. The third kappa shape index (κ3) is 3.64. The van der Waals surface area contributed by atoms with E-state index in [4.69, 9.17) is 16.9 Å². The highest BCUT2D eigenvalue weighted by Gasteiger charge is 2.23. The number of aliphatic hydroxyl groups is 1. The lowest BCUT2D eigenvalue weighted by Crippen LogP contribution is -2.31. The monoisotopic (exact) mass is 336 g/mol. The average molecular weight is 337 g/mol. The van der Waals surface area contributed by atoms with Crippen LogP contribution in [0.1, 0.15) is 17.2 Å². The van der Waals surface area contributed by atoms with Crippen molar-refractivity contribution < 1.29 is 13.5 Å². The first-order chi connectivity index (χ1) is 10.5. The summed E-state index contributed by atoms with van der Waals surface area (Å²) in [5.41, 5.74) is 0.907. The van der Waals surface area contributed by atoms with Crippen LogP contribution in [0, 0.1) is 11.3 Å². The van der Waals surface area contributed by atoms with Crippen LogP contribution in [0.5, 0.6) is 0 Å². The minimum atomic E-state index is -3.93. The fraction of sp³-hybridized carbons (Fsp3) is 0.133. The van der Waals surface area contributed by atoms with Crippen LogP contribution < -0.4 is 4.72 Å². The van der Waals surface area contributed by atoms with Crippen molar-refractivity contribution in [3.05, 3.63) is 64.7 Å². The number of nitrogens with zero attached hydrogens (tertiary/aromatic N) is 1. The smallest absolute Gasteiger partial charge is 0.242 e. The molecule has 1 atom stereocenters. The van der Waals surface area contributed by atoms with Gasteiger partial charge in [0.15, 0.2) is 0 Å². The van der Waals surface area contributed by atoms with Gasteiger partial charge < -0.3 is 5.11 Å². The molecule has 0 amide bonds. The number of sulfonamides is 1. The summed E-state index contributed by atoms with van der Waals surface area (Å²) >= 11 is 5.93. The van der Waals surface area contributed by atoms with Gasteiger partial charge in [0.25, 0.3) is 0 Å². The number of nitriles is 1. The van der Waals surface area contributed by atoms with Crippen LogP contribution in [0.25, 0.3) is 0 Å². The van der Waals surface area contributed by atoms with Gasteiger partial charge in [0.2, 0.25) is 10.0 Å². The van der Waals surface area contributed by atoms with Crippen LogP contribution in [-0.2, 0) is 10.0 Å². The molecule has 0 aliphatic heterocycles. The second-order valence-electron chi connectivity index (χ2n) is 4.52. The molecule has 2 aromatic rings. The fourth-order valence-electron chi connectivity index (χ4n) is 1.94. The summed E-state index contributed by atoms with van der Waals surface area (Å²) in [7, 11) is -3.93. The summed E-state index contributed by atoms with van der Waals surface area (Å²) in [5.74, 6) is 0. The minimum Gasteiger partial charge on any atom is -0.394 e. The van der Waals surface area contributed by atoms with E-state index in [2.05, 4.69) is 4.72 Å². The van der Waals surface area contributed by atoms with Crippen molar-refractivity contribution in [2.45, 2.75) is 10.9 Å². The van der Waals surface area contributed by atoms with Crippen LogP contribution in [0.2, 0.25) is 5.02 Å². The second kappa shape index (κ2) is 6.90. The van der Waals surface area contributed by atoms with Gasteiger partial charge in [-0.1, -0.05) is 41.9 Å². The van der Waals surface area contributed by atoms with Crippen LogP contribution in [0.4, 0.5) is 0 Å². The van der Waals surface area contributed by atoms with E-state index in [0.717, 1.165) is 0 Å². The van der Waals surface area contributed by atoms with Crippen molar-refractivity contribution in [2.24, 2.45) is 0 Å². The van der Waals surface area contributed by atoms with Crippen molar-refractivity contribution in [3.8, 4) is 6.07 Å². The summed E-state index contributed by atoms with van der Waals surface area (Å²) in [6.45, 7) is -0.392. The molecule has 0 aliphatic carbocycles. The van der Waals surface area contributed by atoms with Gasteiger partial charge in [-0.3, -0.25) is 0 Å². The lowest BCUT2D eigenvalue weighted by molar-refractivity contribution is 0.259. The first-order valence-electron chi connectivity index (χ1n) is 6.35. The Kier molecular flexibility index (Phi) is 5.16. The molecule has 0 aromatic heterocycles. The number of rotatable bonds is 5. The van der Waals surface area contributed by atoms with E-state index in [-0.39, 0.29) is 15.5 Å². The van der Waals surface area contributed by atoms with Gasteiger partial charge in [-0.25, -0.2) is 13.1 Å². The molecule has 0 bridgehead atoms. The number of benzene rings is 2. The normalized spacial score (nSPS) is 12.6. The van der Waals surface area contributed by atoms with Gasteiger partial charge in [0.1, 0.15) is 4.90 Å². The first kappa shape index (κ1) is 16.5. The van der Waals surface area contributed by atoms with Gasteiger partial charge in [0.05, 0.1) is 29.3 Å². The first-order valence-corrected chi connectivity index (χ1v) is 8.22. The van der Waals surface area contributed by atoms with Gasteiger partial charge in [-0.05, 0) is 23.8 Å². The molecule has 0 heterocycles. The Morgan fingerprint density at radius 2 is 1.91 bits per heavy atom. The minimum absolute atomic E-state index is 0.0451. The molecule has 0 aliphatic rings. The van der Waals surface area contributed by atoms with Crippen molar-refractivity contribution in [2.75, 3.05) is 6.61 Å². The average Bonchev–Trinajstić information content (AvgIpc) is 2.53. The summed E-state index contributed by atoms with van der Waals surface area (Å²) in [4.78, 5) is -0.137. The Bertz CT molecular complexity index is 801. The van der Waals surface area contributed by atoms with E-state index in [1.165, 1.54) is 18.2 Å². The molecule has 5 nitrogen and oxygen atoms in total. The summed E-state index contributed by atoms with van der Waals surface area (Å²) in [6, 6.07) is 13.7. The Labute approximate surface area is 133 Å². The molecule has 0 radical (unpaired) electrons. The standard InChI is InChI=1S/C15H13ClN2O3S/c16-13-8-11(9-17)6-7-15(13)22(20,21)18-14(10-19)12-4-2-1-3-5-12/h1-8,14,18-19H,10H2. The number of hydrogen-bond donors (Lipinski definition) is 2. The number of nitrogens with one attached hydrogen (secondary N) is 1. The zero-order valence-electron chi connectivity index (χ0n) is 11.4. The zero-order valence-corrected chi connectivity index (χ0v) is 13.0. The maximum absolute atomic E-state index is 12.4. The molecule has 2 aromatic carbocycles. The van der Waals surface area contributed by atoms with Crippen LogP contribution in [0.3, 0.4) is 0 Å². The van der Waals surface area contributed by atoms with Gasteiger partial charge >= 0.3 is 0 Å². The Morgan fingerprint density at radius 3 is 2.45 bits per heavy atom. The van der Waals surface area contributed by atoms with E-state index in [1.807, 2.05) is 6.07 Å². The largest absolute Gasteiger partial charge is 0.394 e. The summed E-state index contributed by atoms with van der Waals surface area (Å²) in [6.07, 6.45) is 0. The zero-order chi connectivity index (χ0) is 16.2. The third-order valence-corrected chi connectivity index (χ3v) is 4.99. The van der Waals surface area contributed by atoms with E-state index < -0.39 is 22.7 Å². The lowest BCUT2D eigenvalue weighted by Gasteiger charge is -2.17. The van der Waals surface area contributed by atoms with Gasteiger partial charge in [0, 0.05) is 0 Å². The Balaban J connectivity index is 2.33. The highest BCUT2D eigenvalue weighted by Crippen LogP contribution is 2.24. The number of hydrogen-bond acceptors (Lipinski definition) is 4. The quantitative estimate of drug-likeness (QED) is 0.876. The van der Waals surface area contributed by atoms with Crippen LogP contribution in [0.15, 0.2) is 53.4 Å². The van der Waals surface area contributed by atoms with E-state index in [9.17, 15) is 13.5 Å². The predicted molar refractivity (Wildman–Crippen MR) is 82.8 cm³/mol. The lowest BCUT2D eigenvalue weighted by atomic mass is 10.1. The van der Waals surface area contributed by atoms with Crippen molar-refractivity contribution >= 4 is 21.6 Å². The van der Waals surface area contributed by atoms with Crippen molar-refractivity contribution in [1.29, 1.82) is 5.26 Å². The van der Waals surface area contributed by atoms with Gasteiger partial charge in [-0.2, -0.15) is 5.26 Å². The molecule has 0 saturated carbocycles. The van der Waals surface area contributed by atoms with Crippen LogP contribution in [-0.4, -0.2) is 20.1 Å². The van der Waals surface area contributed by atoms with E-state index >= 15 is 0 Å². The molecular weight excluding hydrogens is 324 g/mol. The molecule has 22 heavy (non-hydrogen) atoms. The third-order valence-electron chi connectivity index (χ3n) is 3.03. The molecule has 2 rings (SSSR count). The number of halogens is 1. The molecule has 0 saturated heterocycles. The number of aliphatic hydroxyl groups excluding tert-OH is 1. The van der Waals surface area contributed by atoms with Crippen LogP contribution >= 0.6 is 11.6 Å². The topological polar surface area (TPSA) is 90.2 Å².